The maximum absolute atomic E-state index is 4.94. The molecule has 1 fully saturated rings. The van der Waals surface area contributed by atoms with Crippen molar-refractivity contribution in [2.24, 2.45) is 0 Å². The number of likely N-dealkylation sites (tertiary alicyclic amines) is 1. The zero-order valence-electron chi connectivity index (χ0n) is 13.8. The van der Waals surface area contributed by atoms with E-state index in [0.717, 1.165) is 19.3 Å². The van der Waals surface area contributed by atoms with Crippen LogP contribution in [0, 0.1) is 0 Å². The van der Waals surface area contributed by atoms with Crippen LogP contribution in [0.3, 0.4) is 0 Å². The minimum absolute atomic E-state index is 0.594. The van der Waals surface area contributed by atoms with Crippen LogP contribution < -0.4 is 0 Å². The van der Waals surface area contributed by atoms with Crippen LogP contribution in [0.15, 0.2) is 36.4 Å². The fourth-order valence-corrected chi connectivity index (χ4v) is 3.35. The van der Waals surface area contributed by atoms with Crippen molar-refractivity contribution >= 4 is 0 Å². The molecule has 1 aromatic carbocycles. The van der Waals surface area contributed by atoms with E-state index in [9.17, 15) is 0 Å². The highest BCUT2D eigenvalue weighted by molar-refractivity contribution is 5.18. The third-order valence-corrected chi connectivity index (χ3v) is 4.77. The summed E-state index contributed by atoms with van der Waals surface area (Å²) < 4.78 is 2.33. The average Bonchev–Trinajstić information content (AvgIpc) is 2.98. The van der Waals surface area contributed by atoms with Crippen LogP contribution in [-0.2, 0) is 19.3 Å². The summed E-state index contributed by atoms with van der Waals surface area (Å²) in [7, 11) is 2.21. The maximum Gasteiger partial charge on any atom is 0.0630 e. The highest BCUT2D eigenvalue weighted by atomic mass is 15.3. The number of piperidine rings is 1. The highest BCUT2D eigenvalue weighted by Crippen LogP contribution is 2.24. The molecule has 1 aromatic heterocycles. The molecule has 3 nitrogen and oxygen atoms in total. The topological polar surface area (TPSA) is 21.1 Å². The molecule has 118 valence electrons. The summed E-state index contributed by atoms with van der Waals surface area (Å²) in [4.78, 5) is 2.42. The van der Waals surface area contributed by atoms with Gasteiger partial charge < -0.3 is 4.90 Å². The van der Waals surface area contributed by atoms with E-state index < -0.39 is 0 Å². The average molecular weight is 297 g/mol. The Kier molecular flexibility index (Phi) is 4.94. The standard InChI is InChI=1S/C19H27N3/c1-3-18-15-17(10-9-16-7-5-4-6-8-16)20-22(18)19-11-13-21(2)14-12-19/h4-8,15,19H,3,9-14H2,1-2H3. The van der Waals surface area contributed by atoms with Crippen LogP contribution in [0.4, 0.5) is 0 Å². The zero-order valence-corrected chi connectivity index (χ0v) is 13.8. The molecule has 3 rings (SSSR count). The van der Waals surface area contributed by atoms with E-state index >= 15 is 0 Å². The van der Waals surface area contributed by atoms with E-state index in [4.69, 9.17) is 5.10 Å². The third kappa shape index (κ3) is 3.58. The number of hydrogen-bond donors (Lipinski definition) is 0. The number of aryl methyl sites for hydroxylation is 3. The van der Waals surface area contributed by atoms with Gasteiger partial charge in [0.1, 0.15) is 0 Å². The molecule has 2 aromatic rings. The first-order valence-corrected chi connectivity index (χ1v) is 8.56. The van der Waals surface area contributed by atoms with Crippen LogP contribution in [0.2, 0.25) is 0 Å². The van der Waals surface area contributed by atoms with Gasteiger partial charge >= 0.3 is 0 Å². The SMILES string of the molecule is CCc1cc(CCc2ccccc2)nn1C1CCN(C)CC1. The number of hydrogen-bond acceptors (Lipinski definition) is 2. The number of rotatable bonds is 5. The predicted octanol–water partition coefficient (Wildman–Crippen LogP) is 3.50. The quantitative estimate of drug-likeness (QED) is 0.842. The number of nitrogens with zero attached hydrogens (tertiary/aromatic N) is 3. The molecule has 1 saturated heterocycles. The predicted molar refractivity (Wildman–Crippen MR) is 91.2 cm³/mol. The summed E-state index contributed by atoms with van der Waals surface area (Å²) in [6.07, 6.45) is 5.64. The van der Waals surface area contributed by atoms with E-state index in [0.29, 0.717) is 6.04 Å². The van der Waals surface area contributed by atoms with Gasteiger partial charge in [-0.2, -0.15) is 5.10 Å². The molecule has 1 aliphatic heterocycles. The second-order valence-corrected chi connectivity index (χ2v) is 6.45. The van der Waals surface area contributed by atoms with Crippen molar-refractivity contribution in [2.45, 2.75) is 45.1 Å². The first-order chi connectivity index (χ1) is 10.8. The van der Waals surface area contributed by atoms with E-state index in [2.05, 4.69) is 60.0 Å². The Bertz CT molecular complexity index is 580. The minimum Gasteiger partial charge on any atom is -0.306 e. The summed E-state index contributed by atoms with van der Waals surface area (Å²) in [6.45, 7) is 4.61. The van der Waals surface area contributed by atoms with Crippen LogP contribution in [0.5, 0.6) is 0 Å². The van der Waals surface area contributed by atoms with Gasteiger partial charge in [-0.25, -0.2) is 0 Å². The lowest BCUT2D eigenvalue weighted by molar-refractivity contribution is 0.209. The monoisotopic (exact) mass is 297 g/mol. The van der Waals surface area contributed by atoms with Gasteiger partial charge in [0.15, 0.2) is 0 Å². The first-order valence-electron chi connectivity index (χ1n) is 8.56. The molecule has 0 amide bonds. The Labute approximate surface area is 133 Å². The summed E-state index contributed by atoms with van der Waals surface area (Å²) in [5.41, 5.74) is 4.05. The molecule has 2 heterocycles. The molecule has 0 atom stereocenters. The Morgan fingerprint density at radius 3 is 2.50 bits per heavy atom. The molecule has 3 heteroatoms. The van der Waals surface area contributed by atoms with Gasteiger partial charge in [0.25, 0.3) is 0 Å². The molecule has 1 aliphatic rings. The van der Waals surface area contributed by atoms with E-state index in [-0.39, 0.29) is 0 Å². The van der Waals surface area contributed by atoms with Gasteiger partial charge in [-0.3, -0.25) is 4.68 Å². The van der Waals surface area contributed by atoms with Crippen LogP contribution in [0.1, 0.15) is 42.8 Å². The molecule has 0 radical (unpaired) electrons. The van der Waals surface area contributed by atoms with Gasteiger partial charge in [-0.1, -0.05) is 37.3 Å². The molecular weight excluding hydrogens is 270 g/mol. The van der Waals surface area contributed by atoms with Gasteiger partial charge in [0.2, 0.25) is 0 Å². The molecule has 0 spiro atoms. The minimum atomic E-state index is 0.594. The summed E-state index contributed by atoms with van der Waals surface area (Å²) in [5.74, 6) is 0. The molecular formula is C19H27N3. The first kappa shape index (κ1) is 15.3. The largest absolute Gasteiger partial charge is 0.306 e. The van der Waals surface area contributed by atoms with Crippen molar-refractivity contribution in [1.82, 2.24) is 14.7 Å². The Morgan fingerprint density at radius 2 is 1.82 bits per heavy atom. The lowest BCUT2D eigenvalue weighted by atomic mass is 10.1. The zero-order chi connectivity index (χ0) is 15.4. The van der Waals surface area contributed by atoms with E-state index in [1.165, 1.54) is 42.9 Å². The fourth-order valence-electron chi connectivity index (χ4n) is 3.35. The molecule has 0 N–H and O–H groups in total. The molecule has 0 bridgehead atoms. The van der Waals surface area contributed by atoms with Crippen molar-refractivity contribution < 1.29 is 0 Å². The van der Waals surface area contributed by atoms with Gasteiger partial charge in [0.05, 0.1) is 11.7 Å². The normalized spacial score (nSPS) is 17.0. The Morgan fingerprint density at radius 1 is 1.09 bits per heavy atom. The Hall–Kier alpha value is -1.61. The van der Waals surface area contributed by atoms with Crippen LogP contribution in [-0.4, -0.2) is 34.8 Å². The number of aromatic nitrogens is 2. The van der Waals surface area contributed by atoms with E-state index in [1.54, 1.807) is 0 Å². The van der Waals surface area contributed by atoms with Gasteiger partial charge in [0, 0.05) is 5.69 Å². The third-order valence-electron chi connectivity index (χ3n) is 4.77. The fraction of sp³-hybridized carbons (Fsp3) is 0.526. The van der Waals surface area contributed by atoms with Gasteiger partial charge in [-0.15, -0.1) is 0 Å². The second-order valence-electron chi connectivity index (χ2n) is 6.45. The Balaban J connectivity index is 1.68. The van der Waals surface area contributed by atoms with Crippen molar-refractivity contribution in [3.63, 3.8) is 0 Å². The van der Waals surface area contributed by atoms with Crippen molar-refractivity contribution in [3.8, 4) is 0 Å². The van der Waals surface area contributed by atoms with Crippen molar-refractivity contribution in [3.05, 3.63) is 53.3 Å². The molecule has 0 unspecified atom stereocenters. The summed E-state index contributed by atoms with van der Waals surface area (Å²) in [6, 6.07) is 13.6. The smallest absolute Gasteiger partial charge is 0.0630 e. The van der Waals surface area contributed by atoms with Crippen molar-refractivity contribution in [2.75, 3.05) is 20.1 Å². The van der Waals surface area contributed by atoms with E-state index in [1.807, 2.05) is 0 Å². The number of benzene rings is 1. The molecule has 0 aliphatic carbocycles. The van der Waals surface area contributed by atoms with Crippen LogP contribution >= 0.6 is 0 Å². The van der Waals surface area contributed by atoms with Gasteiger partial charge in [-0.05, 0) is 63.9 Å². The maximum atomic E-state index is 4.94. The summed E-state index contributed by atoms with van der Waals surface area (Å²) >= 11 is 0. The summed E-state index contributed by atoms with van der Waals surface area (Å²) in [5, 5.41) is 4.94. The second kappa shape index (κ2) is 7.10. The lowest BCUT2D eigenvalue weighted by Gasteiger charge is -2.30. The van der Waals surface area contributed by atoms with Crippen LogP contribution in [0.25, 0.3) is 0 Å². The van der Waals surface area contributed by atoms with Crippen molar-refractivity contribution in [1.29, 1.82) is 0 Å². The lowest BCUT2D eigenvalue weighted by Crippen LogP contribution is -2.32. The molecule has 22 heavy (non-hydrogen) atoms. The molecule has 0 saturated carbocycles. The highest BCUT2D eigenvalue weighted by Gasteiger charge is 2.21.